The Balaban J connectivity index is 2.47. The first-order chi connectivity index (χ1) is 10.4. The minimum absolute atomic E-state index is 0.0430. The molecule has 2 rings (SSSR count). The van der Waals surface area contributed by atoms with Crippen LogP contribution in [0.1, 0.15) is 12.8 Å². The first kappa shape index (κ1) is 16.7. The lowest BCUT2D eigenvalue weighted by Crippen LogP contribution is -2.57. The van der Waals surface area contributed by atoms with Crippen LogP contribution in [0.15, 0.2) is 29.2 Å². The van der Waals surface area contributed by atoms with Crippen LogP contribution in [0, 0.1) is 0 Å². The van der Waals surface area contributed by atoms with Gasteiger partial charge >= 0.3 is 0 Å². The molecule has 0 atom stereocenters. The number of piperidine rings is 1. The highest BCUT2D eigenvalue weighted by Gasteiger charge is 2.52. The lowest BCUT2D eigenvalue weighted by molar-refractivity contribution is -0.133. The number of sulfone groups is 1. The van der Waals surface area contributed by atoms with Crippen molar-refractivity contribution < 1.29 is 23.2 Å². The molecule has 1 aliphatic heterocycles. The fourth-order valence-electron chi connectivity index (χ4n) is 2.68. The molecule has 1 fully saturated rings. The minimum Gasteiger partial charge on any atom is -0.497 e. The van der Waals surface area contributed by atoms with E-state index in [-0.39, 0.29) is 17.7 Å². The van der Waals surface area contributed by atoms with Crippen LogP contribution in [-0.4, -0.2) is 56.4 Å². The molecular formula is C14H20N2O5S. The molecule has 0 radical (unpaired) electrons. The number of likely N-dealkylation sites (tertiary alicyclic amines) is 1. The number of rotatable bonds is 4. The zero-order valence-corrected chi connectivity index (χ0v) is 13.4. The number of carbonyl (C=O) groups is 1. The molecule has 22 heavy (non-hydrogen) atoms. The first-order valence-electron chi connectivity index (χ1n) is 6.89. The molecular weight excluding hydrogens is 308 g/mol. The van der Waals surface area contributed by atoms with E-state index in [0.717, 1.165) is 0 Å². The highest BCUT2D eigenvalue weighted by atomic mass is 32.2. The van der Waals surface area contributed by atoms with E-state index >= 15 is 0 Å². The minimum atomic E-state index is -3.94. The first-order valence-corrected chi connectivity index (χ1v) is 8.37. The van der Waals surface area contributed by atoms with Crippen LogP contribution in [0.4, 0.5) is 0 Å². The maximum atomic E-state index is 13.0. The summed E-state index contributed by atoms with van der Waals surface area (Å²) in [6.45, 7) is 0.922. The third kappa shape index (κ3) is 2.69. The fraction of sp³-hybridized carbons (Fsp3) is 0.500. The van der Waals surface area contributed by atoms with Gasteiger partial charge in [0.05, 0.1) is 12.0 Å². The number of benzene rings is 1. The summed E-state index contributed by atoms with van der Waals surface area (Å²) >= 11 is 0. The Hall–Kier alpha value is -1.64. The molecule has 1 amide bonds. The van der Waals surface area contributed by atoms with Crippen molar-refractivity contribution in [3.8, 4) is 5.75 Å². The molecule has 0 aliphatic carbocycles. The number of hydroxylamine groups is 1. The lowest BCUT2D eigenvalue weighted by atomic mass is 9.95. The predicted octanol–water partition coefficient (Wildman–Crippen LogP) is 0.439. The lowest BCUT2D eigenvalue weighted by Gasteiger charge is -2.37. The Morgan fingerprint density at radius 1 is 1.27 bits per heavy atom. The van der Waals surface area contributed by atoms with Gasteiger partial charge in [-0.1, -0.05) is 0 Å². The van der Waals surface area contributed by atoms with Crippen LogP contribution in [0.5, 0.6) is 5.75 Å². The van der Waals surface area contributed by atoms with Gasteiger partial charge in [-0.05, 0) is 57.2 Å². The zero-order chi connectivity index (χ0) is 16.4. The summed E-state index contributed by atoms with van der Waals surface area (Å²) in [5.41, 5.74) is 1.53. The second-order valence-corrected chi connectivity index (χ2v) is 7.68. The molecule has 0 bridgehead atoms. The monoisotopic (exact) mass is 328 g/mol. The molecule has 7 nitrogen and oxygen atoms in total. The van der Waals surface area contributed by atoms with E-state index in [9.17, 15) is 13.2 Å². The van der Waals surface area contributed by atoms with Gasteiger partial charge in [-0.2, -0.15) is 0 Å². The molecule has 1 aliphatic rings. The second kappa shape index (κ2) is 6.23. The number of methoxy groups -OCH3 is 1. The van der Waals surface area contributed by atoms with Crippen molar-refractivity contribution in [3.05, 3.63) is 24.3 Å². The van der Waals surface area contributed by atoms with Crippen molar-refractivity contribution >= 4 is 15.7 Å². The fourth-order valence-corrected chi connectivity index (χ4v) is 4.64. The van der Waals surface area contributed by atoms with Crippen molar-refractivity contribution in [2.75, 3.05) is 27.2 Å². The molecule has 0 aromatic heterocycles. The van der Waals surface area contributed by atoms with Crippen LogP contribution < -0.4 is 10.2 Å². The van der Waals surface area contributed by atoms with E-state index in [1.54, 1.807) is 0 Å². The van der Waals surface area contributed by atoms with Gasteiger partial charge in [0.25, 0.3) is 5.91 Å². The Labute approximate surface area is 129 Å². The van der Waals surface area contributed by atoms with Gasteiger partial charge in [-0.3, -0.25) is 10.0 Å². The number of ether oxygens (including phenoxy) is 1. The van der Waals surface area contributed by atoms with Crippen molar-refractivity contribution in [1.29, 1.82) is 0 Å². The van der Waals surface area contributed by atoms with Crippen molar-refractivity contribution in [2.45, 2.75) is 22.5 Å². The van der Waals surface area contributed by atoms with Crippen molar-refractivity contribution in [2.24, 2.45) is 0 Å². The molecule has 1 aromatic carbocycles. The van der Waals surface area contributed by atoms with E-state index in [1.807, 2.05) is 11.9 Å². The topological polar surface area (TPSA) is 95.9 Å². The molecule has 0 saturated carbocycles. The summed E-state index contributed by atoms with van der Waals surface area (Å²) in [4.78, 5) is 14.1. The number of nitrogens with one attached hydrogen (secondary N) is 1. The van der Waals surface area contributed by atoms with Gasteiger partial charge in [0.15, 0.2) is 14.6 Å². The second-order valence-electron chi connectivity index (χ2n) is 5.42. The number of hydrogen-bond donors (Lipinski definition) is 2. The van der Waals surface area contributed by atoms with Gasteiger partial charge in [-0.25, -0.2) is 13.9 Å². The van der Waals surface area contributed by atoms with Crippen LogP contribution in [-0.2, 0) is 14.6 Å². The quantitative estimate of drug-likeness (QED) is 0.615. The highest BCUT2D eigenvalue weighted by molar-refractivity contribution is 7.93. The van der Waals surface area contributed by atoms with E-state index in [0.29, 0.717) is 18.8 Å². The average Bonchev–Trinajstić information content (AvgIpc) is 2.54. The summed E-state index contributed by atoms with van der Waals surface area (Å²) in [6.07, 6.45) is 0.258. The molecule has 122 valence electrons. The summed E-state index contributed by atoms with van der Waals surface area (Å²) in [5, 5.41) is 9.01. The summed E-state index contributed by atoms with van der Waals surface area (Å²) in [5.74, 6) is -0.348. The molecule has 0 unspecified atom stereocenters. The standard InChI is InChI=1S/C14H20N2O5S/c1-16-9-7-14(8-10-16,13(17)15-18)22(19,20)12-5-3-11(21-2)4-6-12/h3-6,18H,7-10H2,1-2H3,(H,15,17). The van der Waals surface area contributed by atoms with E-state index in [1.165, 1.54) is 36.9 Å². The molecule has 1 saturated heterocycles. The molecule has 2 N–H and O–H groups in total. The molecule has 1 aromatic rings. The Kier molecular flexibility index (Phi) is 4.74. The average molecular weight is 328 g/mol. The largest absolute Gasteiger partial charge is 0.497 e. The SMILES string of the molecule is COc1ccc(S(=O)(=O)C2(C(=O)NO)CCN(C)CC2)cc1. The van der Waals surface area contributed by atoms with Crippen LogP contribution in [0.3, 0.4) is 0 Å². The number of amides is 1. The third-order valence-corrected chi connectivity index (χ3v) is 6.71. The van der Waals surface area contributed by atoms with Gasteiger partial charge in [0.1, 0.15) is 5.75 Å². The Morgan fingerprint density at radius 2 is 1.82 bits per heavy atom. The van der Waals surface area contributed by atoms with E-state index in [4.69, 9.17) is 9.94 Å². The maximum absolute atomic E-state index is 13.0. The predicted molar refractivity (Wildman–Crippen MR) is 79.6 cm³/mol. The molecule has 8 heteroatoms. The highest BCUT2D eigenvalue weighted by Crippen LogP contribution is 2.36. The van der Waals surface area contributed by atoms with Crippen LogP contribution in [0.25, 0.3) is 0 Å². The molecule has 1 heterocycles. The Morgan fingerprint density at radius 3 is 2.27 bits per heavy atom. The van der Waals surface area contributed by atoms with Crippen LogP contribution >= 0.6 is 0 Å². The maximum Gasteiger partial charge on any atom is 0.265 e. The van der Waals surface area contributed by atoms with Gasteiger partial charge < -0.3 is 9.64 Å². The normalized spacial score (nSPS) is 18.7. The van der Waals surface area contributed by atoms with Gasteiger partial charge in [0.2, 0.25) is 0 Å². The van der Waals surface area contributed by atoms with E-state index < -0.39 is 20.5 Å². The summed E-state index contributed by atoms with van der Waals surface area (Å²) in [6, 6.07) is 5.90. The van der Waals surface area contributed by atoms with E-state index in [2.05, 4.69) is 0 Å². The van der Waals surface area contributed by atoms with Crippen LogP contribution in [0.2, 0.25) is 0 Å². The summed E-state index contributed by atoms with van der Waals surface area (Å²) in [7, 11) is -0.589. The Bertz CT molecular complexity index is 634. The smallest absolute Gasteiger partial charge is 0.265 e. The number of carbonyl (C=O) groups excluding carboxylic acids is 1. The van der Waals surface area contributed by atoms with Gasteiger partial charge in [0, 0.05) is 0 Å². The molecule has 0 spiro atoms. The summed E-state index contributed by atoms with van der Waals surface area (Å²) < 4.78 is 29.3. The number of nitrogens with zero attached hydrogens (tertiary/aromatic N) is 1. The van der Waals surface area contributed by atoms with Gasteiger partial charge in [-0.15, -0.1) is 0 Å². The van der Waals surface area contributed by atoms with Crippen molar-refractivity contribution in [3.63, 3.8) is 0 Å². The number of hydrogen-bond acceptors (Lipinski definition) is 6. The third-order valence-electron chi connectivity index (χ3n) is 4.19. The zero-order valence-electron chi connectivity index (χ0n) is 12.6. The van der Waals surface area contributed by atoms with Crippen molar-refractivity contribution in [1.82, 2.24) is 10.4 Å².